The molecule has 1 saturated carbocycles. The molecule has 1 aliphatic carbocycles. The molecule has 6 aliphatic heterocycles. The summed E-state index contributed by atoms with van der Waals surface area (Å²) in [4.78, 5) is 94.1. The van der Waals surface area contributed by atoms with E-state index in [2.05, 4.69) is 141 Å². The van der Waals surface area contributed by atoms with Gasteiger partial charge in [0.1, 0.15) is 28.4 Å². The van der Waals surface area contributed by atoms with Crippen LogP contribution in [0.2, 0.25) is 0 Å². The lowest BCUT2D eigenvalue weighted by Crippen LogP contribution is -2.44. The number of ether oxygens (including phenoxy) is 4. The maximum atomic E-state index is 13.5. The van der Waals surface area contributed by atoms with Crippen LogP contribution in [-0.2, 0) is 46.7 Å². The summed E-state index contributed by atoms with van der Waals surface area (Å²) in [7, 11) is 6.50. The van der Waals surface area contributed by atoms with Gasteiger partial charge in [0.15, 0.2) is 34.4 Å². The Morgan fingerprint density at radius 3 is 1.39 bits per heavy atom. The number of pyridine rings is 3. The third kappa shape index (κ3) is 16.5. The summed E-state index contributed by atoms with van der Waals surface area (Å²) in [6, 6.07) is 40.0. The highest BCUT2D eigenvalue weighted by Crippen LogP contribution is 2.52. The van der Waals surface area contributed by atoms with Crippen molar-refractivity contribution in [2.75, 3.05) is 139 Å². The summed E-state index contributed by atoms with van der Waals surface area (Å²) < 4.78 is 33.5. The maximum absolute atomic E-state index is 13.5. The van der Waals surface area contributed by atoms with E-state index in [0.717, 1.165) is 114 Å². The van der Waals surface area contributed by atoms with E-state index in [4.69, 9.17) is 38.9 Å². The zero-order valence-electron chi connectivity index (χ0n) is 65.5. The quantitative estimate of drug-likeness (QED) is 0.119. The zero-order chi connectivity index (χ0) is 78.6. The van der Waals surface area contributed by atoms with Crippen LogP contribution in [0.15, 0.2) is 191 Å². The fourth-order valence-electron chi connectivity index (χ4n) is 15.6. The molecule has 0 atom stereocenters. The molecule has 12 aromatic rings. The number of nitrogens with zero attached hydrogens (tertiary/aromatic N) is 20. The van der Waals surface area contributed by atoms with Crippen molar-refractivity contribution in [3.63, 3.8) is 0 Å². The third-order valence-electron chi connectivity index (χ3n) is 22.0. The Morgan fingerprint density at radius 1 is 0.435 bits per heavy atom. The van der Waals surface area contributed by atoms with Crippen LogP contribution in [0.5, 0.6) is 11.8 Å². The normalized spacial score (nSPS) is 18.3. The summed E-state index contributed by atoms with van der Waals surface area (Å²) in [6.45, 7) is 18.1. The molecule has 3 N–H and O–H groups in total. The lowest BCUT2D eigenvalue weighted by atomic mass is 9.87. The lowest BCUT2D eigenvalue weighted by Gasteiger charge is -2.34. The highest BCUT2D eigenvalue weighted by molar-refractivity contribution is 5.80. The second-order valence-corrected chi connectivity index (χ2v) is 30.6. The summed E-state index contributed by atoms with van der Waals surface area (Å²) in [5.74, 6) is 3.95. The Kier molecular flexibility index (Phi) is 21.7. The van der Waals surface area contributed by atoms with Gasteiger partial charge < -0.3 is 59.4 Å². The van der Waals surface area contributed by atoms with Crippen molar-refractivity contribution in [2.24, 2.45) is 0 Å². The molecule has 2 saturated heterocycles. The third-order valence-corrected chi connectivity index (χ3v) is 22.0. The van der Waals surface area contributed by atoms with Crippen molar-refractivity contribution >= 4 is 79.4 Å². The van der Waals surface area contributed by atoms with Crippen molar-refractivity contribution < 1.29 is 18.9 Å². The first kappa shape index (κ1) is 75.5. The standard InChI is InChI=1S/C30H36N8O2.C28H29N7O2.C27H30N8O3/c1-30(2)25-9-8-10-26(33-25)38-27-24(28(39)37(38)15-6-4-5-7-20-40-30)21-31-29(34-27)32-22-11-13-23(14-12-22)36-18-16-35(3)17-19-36;1-33-17-19-15-20(9-10-22(19)28(18-33)11-12-28)30-27-29-16-21-25(32-27)35-23-7-6-8-24(31-23)37-14-5-3-2-4-13-34(35)26(21)36;1-32-12-14-33(15-13-32)21-9-7-20(8-10-21)29-27-28-19-22-25(31-27)35-23-5-4-6-24(30-23)38-18-17-37-16-3-2-11-34(35)26(22)36/h4,6,8-14,21H,5,7,15-20H2,1-3H3,(H,31,32,34);2,4,6-10,15-16H,3,5,11-14,17-18H2,1H3,(H,29,30,32);2-10,19H,11-18H2,1H3,(H,28,29,31)/b6-4+;;3-2+. The van der Waals surface area contributed by atoms with Crippen molar-refractivity contribution in [3.05, 3.63) is 224 Å². The minimum atomic E-state index is -0.570. The monoisotopic (exact) mass is 1550 g/mol. The van der Waals surface area contributed by atoms with E-state index in [-0.39, 0.29) is 16.7 Å². The smallest absolute Gasteiger partial charge is 0.278 e. The Morgan fingerprint density at radius 2 is 0.887 bits per heavy atom. The summed E-state index contributed by atoms with van der Waals surface area (Å²) in [6.07, 6.45) is 22.8. The second kappa shape index (κ2) is 33.1. The number of nitrogens with one attached hydrogen (secondary N) is 3. The van der Waals surface area contributed by atoms with E-state index >= 15 is 0 Å². The number of benzene rings is 3. The summed E-state index contributed by atoms with van der Waals surface area (Å²) >= 11 is 0. The fraction of sp³-hybridized carbons (Fsp3) is 0.365. The molecule has 30 heteroatoms. The molecular weight excluding hydrogens is 1460 g/mol. The van der Waals surface area contributed by atoms with Crippen molar-refractivity contribution in [2.45, 2.75) is 89.6 Å². The Hall–Kier alpha value is -12.2. The van der Waals surface area contributed by atoms with Gasteiger partial charge in [-0.25, -0.2) is 48.0 Å². The van der Waals surface area contributed by atoms with Gasteiger partial charge in [0, 0.05) is 137 Å². The zero-order valence-corrected chi connectivity index (χ0v) is 65.5. The van der Waals surface area contributed by atoms with E-state index in [0.29, 0.717) is 138 Å². The van der Waals surface area contributed by atoms with Gasteiger partial charge in [-0.15, -0.1) is 0 Å². The number of hydrogen-bond acceptors (Lipinski definition) is 24. The molecule has 1 spiro atoms. The predicted octanol–water partition coefficient (Wildman–Crippen LogP) is 10.4. The fourth-order valence-corrected chi connectivity index (χ4v) is 15.6. The minimum absolute atomic E-state index is 0.150. The van der Waals surface area contributed by atoms with Gasteiger partial charge in [-0.3, -0.25) is 14.4 Å². The molecule has 0 radical (unpaired) electrons. The Balaban J connectivity index is 0.000000124. The van der Waals surface area contributed by atoms with Crippen LogP contribution in [0.3, 0.4) is 0 Å². The summed E-state index contributed by atoms with van der Waals surface area (Å²) in [5.41, 5.74) is 9.47. The number of hydrogen-bond donors (Lipinski definition) is 3. The molecule has 7 aliphatic rings. The van der Waals surface area contributed by atoms with Crippen LogP contribution in [0, 0.1) is 0 Å². The number of likely N-dealkylation sites (N-methyl/N-ethyl adjacent to an activating group) is 3. The number of allylic oxidation sites excluding steroid dienone is 5. The van der Waals surface area contributed by atoms with E-state index in [1.54, 1.807) is 52.7 Å². The van der Waals surface area contributed by atoms with Gasteiger partial charge in [-0.05, 0) is 170 Å². The number of anilines is 8. The molecule has 30 nitrogen and oxygen atoms in total. The molecule has 0 unspecified atom stereocenters. The summed E-state index contributed by atoms with van der Waals surface area (Å²) in [5, 5.41) is 11.3. The molecule has 6 bridgehead atoms. The first-order valence-corrected chi connectivity index (χ1v) is 39.7. The molecule has 3 fully saturated rings. The van der Waals surface area contributed by atoms with Crippen LogP contribution in [0.4, 0.5) is 46.3 Å². The lowest BCUT2D eigenvalue weighted by molar-refractivity contribution is -0.0255. The van der Waals surface area contributed by atoms with Gasteiger partial charge in [0.25, 0.3) is 16.7 Å². The van der Waals surface area contributed by atoms with E-state index in [1.165, 1.54) is 35.3 Å². The van der Waals surface area contributed by atoms with Crippen LogP contribution < -0.4 is 51.9 Å². The molecule has 3 aromatic carbocycles. The van der Waals surface area contributed by atoms with Crippen molar-refractivity contribution in [1.82, 2.24) is 87.6 Å². The molecule has 9 aromatic heterocycles. The number of aromatic nitrogens is 15. The highest BCUT2D eigenvalue weighted by atomic mass is 16.5. The molecule has 0 amide bonds. The highest BCUT2D eigenvalue weighted by Gasteiger charge is 2.48. The Bertz CT molecular complexity index is 5800. The van der Waals surface area contributed by atoms with Crippen LogP contribution in [-0.4, -0.2) is 201 Å². The number of fused-ring (bicyclic) bond motifs is 20. The van der Waals surface area contributed by atoms with Gasteiger partial charge in [-0.2, -0.15) is 24.9 Å². The second-order valence-electron chi connectivity index (χ2n) is 30.6. The molecule has 115 heavy (non-hydrogen) atoms. The SMILES string of the molecule is CN1CCN(c2ccc(Nc3ncc4c(=O)n5n(c4n3)-c3cccc(n3)C(C)(C)OCCC/C=C/C5)cc2)CC1.CN1CCN(c2ccc(Nc3ncc4c(=O)n5n(c4n3)-c3cccc(n3)OCCOC/C=C/C5)cc2)CC1.CN1Cc2cc(Nc3ncc4c(=O)n5n(c4n3)-c3cccc(n3)OCCCC=CC5)ccc2C2(CC2)C1. The average molecular weight is 1550 g/mol. The van der Waals surface area contributed by atoms with E-state index < -0.39 is 5.60 Å². The first-order valence-electron chi connectivity index (χ1n) is 39.7. The van der Waals surface area contributed by atoms with Crippen LogP contribution in [0.1, 0.15) is 69.2 Å². The predicted molar refractivity (Wildman–Crippen MR) is 445 cm³/mol. The number of piperazine rings is 2. The van der Waals surface area contributed by atoms with Gasteiger partial charge >= 0.3 is 0 Å². The Labute approximate surface area is 664 Å². The van der Waals surface area contributed by atoms with Crippen LogP contribution >= 0.6 is 0 Å². The first-order chi connectivity index (χ1) is 56.1. The topological polar surface area (TPSA) is 286 Å². The minimum Gasteiger partial charge on any atom is -0.478 e. The maximum Gasteiger partial charge on any atom is 0.278 e. The van der Waals surface area contributed by atoms with E-state index in [9.17, 15) is 14.4 Å². The molecule has 15 heterocycles. The average Bonchev–Trinajstić information content (AvgIpc) is 1.55. The molecular formula is C85H95N23O7. The van der Waals surface area contributed by atoms with Crippen molar-refractivity contribution in [1.29, 1.82) is 0 Å². The van der Waals surface area contributed by atoms with E-state index in [1.807, 2.05) is 111 Å². The molecule has 19 rings (SSSR count). The van der Waals surface area contributed by atoms with Gasteiger partial charge in [0.2, 0.25) is 29.6 Å². The van der Waals surface area contributed by atoms with Gasteiger partial charge in [0.05, 0.1) is 45.1 Å². The van der Waals surface area contributed by atoms with Gasteiger partial charge in [-0.1, -0.05) is 60.7 Å². The molecule has 592 valence electrons. The van der Waals surface area contributed by atoms with Crippen LogP contribution in [0.25, 0.3) is 50.6 Å². The van der Waals surface area contributed by atoms with Crippen molar-refractivity contribution in [3.8, 4) is 29.2 Å². The number of rotatable bonds is 8. The largest absolute Gasteiger partial charge is 0.478 e.